The van der Waals surface area contributed by atoms with Crippen LogP contribution in [0, 0.1) is 10.1 Å². The lowest BCUT2D eigenvalue weighted by molar-refractivity contribution is -0.384. The largest absolute Gasteiger partial charge is 0.480 e. The molecule has 5 N–H and O–H groups in total. The Labute approximate surface area is 143 Å². The molecule has 24 heavy (non-hydrogen) atoms. The van der Waals surface area contributed by atoms with Gasteiger partial charge in [-0.2, -0.15) is 11.8 Å². The number of hydrogen-bond acceptors (Lipinski definition) is 6. The fourth-order valence-electron chi connectivity index (χ4n) is 1.55. The SMILES string of the molecule is N[C@@H](CSCc1ccccc1)C(=O)O.Nc1ccc([N+](=O)[O-])cc1. The van der Waals surface area contributed by atoms with Crippen molar-refractivity contribution < 1.29 is 14.8 Å². The first-order valence-corrected chi connectivity index (χ1v) is 8.15. The van der Waals surface area contributed by atoms with Gasteiger partial charge in [0.1, 0.15) is 6.04 Å². The van der Waals surface area contributed by atoms with E-state index in [1.165, 1.54) is 41.6 Å². The third kappa shape index (κ3) is 7.61. The second kappa shape index (κ2) is 10.2. The van der Waals surface area contributed by atoms with Crippen molar-refractivity contribution in [2.45, 2.75) is 11.8 Å². The van der Waals surface area contributed by atoms with E-state index in [-0.39, 0.29) is 5.69 Å². The summed E-state index contributed by atoms with van der Waals surface area (Å²) >= 11 is 1.54. The van der Waals surface area contributed by atoms with Crippen LogP contribution < -0.4 is 11.5 Å². The first-order chi connectivity index (χ1) is 11.4. The maximum Gasteiger partial charge on any atom is 0.321 e. The quantitative estimate of drug-likeness (QED) is 0.414. The van der Waals surface area contributed by atoms with Gasteiger partial charge in [0.05, 0.1) is 4.92 Å². The topological polar surface area (TPSA) is 132 Å². The molecule has 2 rings (SSSR count). The predicted octanol–water partition coefficient (Wildman–Crippen LogP) is 2.51. The van der Waals surface area contributed by atoms with E-state index in [1.54, 1.807) is 0 Å². The summed E-state index contributed by atoms with van der Waals surface area (Å²) in [5.41, 5.74) is 12.5. The van der Waals surface area contributed by atoms with E-state index in [4.69, 9.17) is 16.6 Å². The zero-order valence-electron chi connectivity index (χ0n) is 12.9. The highest BCUT2D eigenvalue weighted by molar-refractivity contribution is 7.98. The molecule has 2 aromatic rings. The molecule has 0 aliphatic heterocycles. The van der Waals surface area contributed by atoms with Gasteiger partial charge >= 0.3 is 5.97 Å². The molecule has 0 unspecified atom stereocenters. The van der Waals surface area contributed by atoms with Gasteiger partial charge in [-0.1, -0.05) is 30.3 Å². The molecule has 7 nitrogen and oxygen atoms in total. The number of carbonyl (C=O) groups is 1. The predicted molar refractivity (Wildman–Crippen MR) is 95.7 cm³/mol. The van der Waals surface area contributed by atoms with Gasteiger partial charge in [0.15, 0.2) is 0 Å². The molecule has 2 aromatic carbocycles. The number of anilines is 1. The van der Waals surface area contributed by atoms with Crippen molar-refractivity contribution >= 4 is 29.1 Å². The van der Waals surface area contributed by atoms with Crippen molar-refractivity contribution in [2.24, 2.45) is 5.73 Å². The van der Waals surface area contributed by atoms with Gasteiger partial charge in [0.25, 0.3) is 5.69 Å². The van der Waals surface area contributed by atoms with Crippen LogP contribution >= 0.6 is 11.8 Å². The van der Waals surface area contributed by atoms with Crippen LogP contribution in [0.3, 0.4) is 0 Å². The molecule has 0 bridgehead atoms. The fraction of sp³-hybridized carbons (Fsp3) is 0.188. The maximum absolute atomic E-state index is 10.4. The van der Waals surface area contributed by atoms with Crippen molar-refractivity contribution in [1.29, 1.82) is 0 Å². The van der Waals surface area contributed by atoms with Crippen LogP contribution in [0.2, 0.25) is 0 Å². The highest BCUT2D eigenvalue weighted by Gasteiger charge is 2.10. The molecule has 0 heterocycles. The van der Waals surface area contributed by atoms with E-state index in [0.717, 1.165) is 5.75 Å². The molecule has 8 heteroatoms. The van der Waals surface area contributed by atoms with Crippen LogP contribution in [-0.2, 0) is 10.5 Å². The van der Waals surface area contributed by atoms with E-state index in [9.17, 15) is 14.9 Å². The number of nitrogens with two attached hydrogens (primary N) is 2. The number of nitro benzene ring substituents is 1. The Morgan fingerprint density at radius 3 is 2.25 bits per heavy atom. The molecule has 0 saturated heterocycles. The van der Waals surface area contributed by atoms with E-state index >= 15 is 0 Å². The first kappa shape index (κ1) is 19.5. The molecule has 1 atom stereocenters. The van der Waals surface area contributed by atoms with Gasteiger partial charge in [0.2, 0.25) is 0 Å². The minimum atomic E-state index is -0.939. The van der Waals surface area contributed by atoms with Crippen LogP contribution in [-0.4, -0.2) is 27.8 Å². The number of nitrogen functional groups attached to an aromatic ring is 1. The summed E-state index contributed by atoms with van der Waals surface area (Å²) in [6.45, 7) is 0. The number of nitro groups is 1. The van der Waals surface area contributed by atoms with E-state index in [1.807, 2.05) is 30.3 Å². The Morgan fingerprint density at radius 2 is 1.75 bits per heavy atom. The van der Waals surface area contributed by atoms with Crippen molar-refractivity contribution in [3.8, 4) is 0 Å². The zero-order chi connectivity index (χ0) is 17.9. The normalized spacial score (nSPS) is 11.0. The third-order valence-corrected chi connectivity index (χ3v) is 3.96. The molecule has 0 radical (unpaired) electrons. The Hall–Kier alpha value is -2.58. The van der Waals surface area contributed by atoms with Gasteiger partial charge in [0, 0.05) is 29.3 Å². The van der Waals surface area contributed by atoms with Gasteiger partial charge in [-0.3, -0.25) is 14.9 Å². The number of rotatable bonds is 6. The lowest BCUT2D eigenvalue weighted by Crippen LogP contribution is -2.32. The molecule has 0 aliphatic carbocycles. The Bertz CT molecular complexity index is 650. The summed E-state index contributed by atoms with van der Waals surface area (Å²) in [6, 6.07) is 14.9. The number of benzene rings is 2. The molecular weight excluding hydrogens is 330 g/mol. The first-order valence-electron chi connectivity index (χ1n) is 7.00. The minimum Gasteiger partial charge on any atom is -0.480 e. The summed E-state index contributed by atoms with van der Waals surface area (Å²) < 4.78 is 0. The average molecular weight is 349 g/mol. The standard InChI is InChI=1S/C10H13NO2S.C6H6N2O2/c11-9(10(12)13)7-14-6-8-4-2-1-3-5-8;7-5-1-3-6(4-2-5)8(9)10/h1-5,9H,6-7,11H2,(H,12,13);1-4H,7H2/t9-;/m0./s1. The van der Waals surface area contributed by atoms with E-state index in [2.05, 4.69) is 0 Å². The number of non-ortho nitro benzene ring substituents is 1. The summed E-state index contributed by atoms with van der Waals surface area (Å²) in [6.07, 6.45) is 0. The summed E-state index contributed by atoms with van der Waals surface area (Å²) in [4.78, 5) is 20.0. The van der Waals surface area contributed by atoms with Gasteiger partial charge in [-0.25, -0.2) is 0 Å². The summed E-state index contributed by atoms with van der Waals surface area (Å²) in [7, 11) is 0. The van der Waals surface area contributed by atoms with Crippen LogP contribution in [0.25, 0.3) is 0 Å². The molecule has 0 amide bonds. The number of nitrogens with zero attached hydrogens (tertiary/aromatic N) is 1. The Kier molecular flexibility index (Phi) is 8.31. The lowest BCUT2D eigenvalue weighted by Gasteiger charge is -2.05. The minimum absolute atomic E-state index is 0.0641. The average Bonchev–Trinajstić information content (AvgIpc) is 2.56. The Balaban J connectivity index is 0.000000254. The fourth-order valence-corrected chi connectivity index (χ4v) is 2.49. The van der Waals surface area contributed by atoms with Crippen LogP contribution in [0.4, 0.5) is 11.4 Å². The molecule has 0 aliphatic rings. The molecule has 128 valence electrons. The molecular formula is C16H19N3O4S. The molecule has 0 aromatic heterocycles. The zero-order valence-corrected chi connectivity index (χ0v) is 13.7. The van der Waals surface area contributed by atoms with Gasteiger partial charge in [-0.05, 0) is 17.7 Å². The lowest BCUT2D eigenvalue weighted by atomic mass is 10.2. The number of aliphatic carboxylic acids is 1. The van der Waals surface area contributed by atoms with E-state index in [0.29, 0.717) is 11.4 Å². The van der Waals surface area contributed by atoms with Crippen molar-refractivity contribution in [1.82, 2.24) is 0 Å². The smallest absolute Gasteiger partial charge is 0.321 e. The summed E-state index contributed by atoms with van der Waals surface area (Å²) in [5, 5.41) is 18.6. The van der Waals surface area contributed by atoms with Crippen molar-refractivity contribution in [3.63, 3.8) is 0 Å². The highest BCUT2D eigenvalue weighted by Crippen LogP contribution is 2.12. The van der Waals surface area contributed by atoms with E-state index < -0.39 is 16.9 Å². The van der Waals surface area contributed by atoms with Gasteiger partial charge in [-0.15, -0.1) is 0 Å². The maximum atomic E-state index is 10.4. The highest BCUT2D eigenvalue weighted by atomic mass is 32.2. The number of carboxylic acid groups (broad SMARTS) is 1. The van der Waals surface area contributed by atoms with Crippen LogP contribution in [0.5, 0.6) is 0 Å². The number of hydrogen-bond donors (Lipinski definition) is 3. The van der Waals surface area contributed by atoms with Gasteiger partial charge < -0.3 is 16.6 Å². The molecule has 0 spiro atoms. The van der Waals surface area contributed by atoms with Crippen molar-refractivity contribution in [3.05, 3.63) is 70.3 Å². The number of carboxylic acids is 1. The summed E-state index contributed by atoms with van der Waals surface area (Å²) in [5.74, 6) is 0.317. The van der Waals surface area contributed by atoms with Crippen LogP contribution in [0.1, 0.15) is 5.56 Å². The third-order valence-electron chi connectivity index (χ3n) is 2.83. The van der Waals surface area contributed by atoms with Crippen LogP contribution in [0.15, 0.2) is 54.6 Å². The molecule has 0 fully saturated rings. The number of thioether (sulfide) groups is 1. The van der Waals surface area contributed by atoms with Crippen molar-refractivity contribution in [2.75, 3.05) is 11.5 Å². The monoisotopic (exact) mass is 349 g/mol. The Morgan fingerprint density at radius 1 is 1.17 bits per heavy atom. The molecule has 0 saturated carbocycles. The second-order valence-corrected chi connectivity index (χ2v) is 5.82. The second-order valence-electron chi connectivity index (χ2n) is 4.79.